The number of carbonyl (C=O) groups is 1. The van der Waals surface area contributed by atoms with Crippen LogP contribution in [0.4, 0.5) is 10.1 Å². The van der Waals surface area contributed by atoms with Crippen LogP contribution in [0.25, 0.3) is 23.0 Å². The molecule has 0 radical (unpaired) electrons. The monoisotopic (exact) mass is 438 g/mol. The molecular formula is C26H19FN4O2. The maximum Gasteiger partial charge on any atom is 0.266 e. The summed E-state index contributed by atoms with van der Waals surface area (Å²) >= 11 is 0. The lowest BCUT2D eigenvalue weighted by molar-refractivity contribution is -0.112. The first kappa shape index (κ1) is 21.5. The largest absolute Gasteiger partial charge is 0.497 e. The van der Waals surface area contributed by atoms with Crippen LogP contribution in [-0.2, 0) is 4.79 Å². The van der Waals surface area contributed by atoms with E-state index in [4.69, 9.17) is 9.84 Å². The Labute approximate surface area is 190 Å². The van der Waals surface area contributed by atoms with Gasteiger partial charge in [0.15, 0.2) is 0 Å². The molecule has 0 spiro atoms. The molecule has 0 bridgehead atoms. The lowest BCUT2D eigenvalue weighted by Crippen LogP contribution is -2.13. The van der Waals surface area contributed by atoms with Crippen molar-refractivity contribution in [1.82, 2.24) is 9.78 Å². The lowest BCUT2D eigenvalue weighted by atomic mass is 10.1. The summed E-state index contributed by atoms with van der Waals surface area (Å²) in [4.78, 5) is 12.7. The molecule has 1 heterocycles. The highest BCUT2D eigenvalue weighted by atomic mass is 19.1. The molecule has 0 atom stereocenters. The number of benzene rings is 3. The molecule has 162 valence electrons. The van der Waals surface area contributed by atoms with Crippen LogP contribution < -0.4 is 10.1 Å². The predicted molar refractivity (Wildman–Crippen MR) is 124 cm³/mol. The average molecular weight is 438 g/mol. The molecule has 0 aliphatic heterocycles. The molecule has 0 aliphatic carbocycles. The highest BCUT2D eigenvalue weighted by molar-refractivity contribution is 6.10. The third-order valence-electron chi connectivity index (χ3n) is 4.89. The first-order valence-corrected chi connectivity index (χ1v) is 10.1. The molecule has 0 aliphatic rings. The Hall–Kier alpha value is -4.70. The topological polar surface area (TPSA) is 79.9 Å². The van der Waals surface area contributed by atoms with Crippen LogP contribution >= 0.6 is 0 Å². The second-order valence-electron chi connectivity index (χ2n) is 7.07. The number of hydrogen-bond donors (Lipinski definition) is 1. The summed E-state index contributed by atoms with van der Waals surface area (Å²) in [6.45, 7) is 0. The number of hydrogen-bond acceptors (Lipinski definition) is 4. The Morgan fingerprint density at radius 3 is 2.39 bits per heavy atom. The van der Waals surface area contributed by atoms with Crippen LogP contribution in [0.3, 0.4) is 0 Å². The second-order valence-corrected chi connectivity index (χ2v) is 7.07. The van der Waals surface area contributed by atoms with Gasteiger partial charge in [-0.25, -0.2) is 9.07 Å². The van der Waals surface area contributed by atoms with Crippen molar-refractivity contribution in [3.05, 3.63) is 102 Å². The van der Waals surface area contributed by atoms with Gasteiger partial charge in [-0.05, 0) is 66.7 Å². The van der Waals surface area contributed by atoms with Gasteiger partial charge < -0.3 is 10.1 Å². The Morgan fingerprint density at radius 2 is 1.76 bits per heavy atom. The first-order chi connectivity index (χ1) is 16.1. The van der Waals surface area contributed by atoms with Crippen LogP contribution in [0.5, 0.6) is 5.75 Å². The summed E-state index contributed by atoms with van der Waals surface area (Å²) in [7, 11) is 1.59. The van der Waals surface area contributed by atoms with Gasteiger partial charge in [0.1, 0.15) is 23.2 Å². The van der Waals surface area contributed by atoms with Crippen LogP contribution in [-0.4, -0.2) is 22.8 Å². The fourth-order valence-electron chi connectivity index (χ4n) is 3.21. The van der Waals surface area contributed by atoms with Crippen molar-refractivity contribution in [3.63, 3.8) is 0 Å². The van der Waals surface area contributed by atoms with Crippen LogP contribution in [0.1, 0.15) is 5.56 Å². The van der Waals surface area contributed by atoms with Gasteiger partial charge in [0.05, 0.1) is 18.5 Å². The minimum atomic E-state index is -0.600. The van der Waals surface area contributed by atoms with Gasteiger partial charge in [-0.2, -0.15) is 10.4 Å². The molecule has 0 saturated carbocycles. The Bertz CT molecular complexity index is 1340. The predicted octanol–water partition coefficient (Wildman–Crippen LogP) is 5.23. The zero-order valence-corrected chi connectivity index (χ0v) is 17.7. The first-order valence-electron chi connectivity index (χ1n) is 10.1. The van der Waals surface area contributed by atoms with Crippen LogP contribution in [0.2, 0.25) is 0 Å². The highest BCUT2D eigenvalue weighted by Gasteiger charge is 2.15. The third kappa shape index (κ3) is 4.97. The number of amides is 1. The van der Waals surface area contributed by atoms with E-state index in [-0.39, 0.29) is 5.57 Å². The summed E-state index contributed by atoms with van der Waals surface area (Å²) in [5.41, 5.74) is 3.10. The smallest absolute Gasteiger partial charge is 0.266 e. The van der Waals surface area contributed by atoms with Gasteiger partial charge >= 0.3 is 0 Å². The van der Waals surface area contributed by atoms with E-state index in [1.54, 1.807) is 18.0 Å². The SMILES string of the molecule is COc1ccc(-c2nn(-c3ccccc3)cc2/C=C(\C#N)C(=O)Nc2ccc(F)cc2)cc1. The zero-order chi connectivity index (χ0) is 23.2. The Morgan fingerprint density at radius 1 is 1.06 bits per heavy atom. The molecule has 0 saturated heterocycles. The summed E-state index contributed by atoms with van der Waals surface area (Å²) in [6.07, 6.45) is 3.25. The number of aromatic nitrogens is 2. The molecule has 7 heteroatoms. The molecule has 1 N–H and O–H groups in total. The van der Waals surface area contributed by atoms with Gasteiger partial charge in [-0.3, -0.25) is 4.79 Å². The third-order valence-corrected chi connectivity index (χ3v) is 4.89. The van der Waals surface area contributed by atoms with Gasteiger partial charge in [-0.15, -0.1) is 0 Å². The van der Waals surface area contributed by atoms with E-state index in [9.17, 15) is 14.4 Å². The van der Waals surface area contributed by atoms with E-state index in [1.807, 2.05) is 60.7 Å². The summed E-state index contributed by atoms with van der Waals surface area (Å²) in [6, 6.07) is 24.1. The zero-order valence-electron chi connectivity index (χ0n) is 17.7. The quantitative estimate of drug-likeness (QED) is 0.330. The fraction of sp³-hybridized carbons (Fsp3) is 0.0385. The number of nitrogens with one attached hydrogen (secondary N) is 1. The van der Waals surface area contributed by atoms with Crippen molar-refractivity contribution >= 4 is 17.7 Å². The van der Waals surface area contributed by atoms with Crippen LogP contribution in [0.15, 0.2) is 90.6 Å². The van der Waals surface area contributed by atoms with Crippen molar-refractivity contribution in [1.29, 1.82) is 5.26 Å². The average Bonchev–Trinajstić information content (AvgIpc) is 3.28. The summed E-state index contributed by atoms with van der Waals surface area (Å²) in [5, 5.41) is 17.0. The highest BCUT2D eigenvalue weighted by Crippen LogP contribution is 2.27. The molecule has 4 aromatic rings. The number of rotatable bonds is 6. The number of halogens is 1. The van der Waals surface area contributed by atoms with Gasteiger partial charge in [0.2, 0.25) is 0 Å². The van der Waals surface area contributed by atoms with Crippen molar-refractivity contribution in [2.24, 2.45) is 0 Å². The van der Waals surface area contributed by atoms with Crippen molar-refractivity contribution < 1.29 is 13.9 Å². The normalized spacial score (nSPS) is 11.0. The van der Waals surface area contributed by atoms with Gasteiger partial charge in [0.25, 0.3) is 5.91 Å². The Balaban J connectivity index is 1.74. The number of methoxy groups -OCH3 is 1. The lowest BCUT2D eigenvalue weighted by Gasteiger charge is -2.05. The van der Waals surface area contributed by atoms with E-state index < -0.39 is 11.7 Å². The Kier molecular flexibility index (Phi) is 6.28. The molecule has 4 rings (SSSR count). The maximum atomic E-state index is 13.1. The number of carbonyl (C=O) groups excluding carboxylic acids is 1. The second kappa shape index (κ2) is 9.62. The molecular weight excluding hydrogens is 419 g/mol. The number of anilines is 1. The van der Waals surface area contributed by atoms with E-state index in [1.165, 1.54) is 30.3 Å². The molecule has 3 aromatic carbocycles. The molecule has 1 aromatic heterocycles. The molecule has 33 heavy (non-hydrogen) atoms. The minimum absolute atomic E-state index is 0.110. The number of para-hydroxylation sites is 1. The van der Waals surface area contributed by atoms with Crippen molar-refractivity contribution in [2.75, 3.05) is 12.4 Å². The molecule has 6 nitrogen and oxygen atoms in total. The van der Waals surface area contributed by atoms with E-state index in [0.717, 1.165) is 11.3 Å². The number of nitrogens with zero attached hydrogens (tertiary/aromatic N) is 3. The number of nitriles is 1. The molecule has 1 amide bonds. The number of ether oxygens (including phenoxy) is 1. The van der Waals surface area contributed by atoms with Crippen molar-refractivity contribution in [2.45, 2.75) is 0 Å². The minimum Gasteiger partial charge on any atom is -0.497 e. The van der Waals surface area contributed by atoms with E-state index in [2.05, 4.69) is 5.32 Å². The molecule has 0 unspecified atom stereocenters. The van der Waals surface area contributed by atoms with Crippen LogP contribution in [0, 0.1) is 17.1 Å². The molecule has 0 fully saturated rings. The van der Waals surface area contributed by atoms with Gasteiger partial charge in [0, 0.05) is 23.0 Å². The van der Waals surface area contributed by atoms with E-state index >= 15 is 0 Å². The summed E-state index contributed by atoms with van der Waals surface area (Å²) in [5.74, 6) is -0.312. The van der Waals surface area contributed by atoms with E-state index in [0.29, 0.717) is 22.7 Å². The van der Waals surface area contributed by atoms with Crippen molar-refractivity contribution in [3.8, 4) is 28.8 Å². The summed E-state index contributed by atoms with van der Waals surface area (Å²) < 4.78 is 20.1. The van der Waals surface area contributed by atoms with Gasteiger partial charge in [-0.1, -0.05) is 18.2 Å². The maximum absolute atomic E-state index is 13.1. The fourth-order valence-corrected chi connectivity index (χ4v) is 3.21. The standard InChI is InChI=1S/C26H19FN4O2/c1-33-24-13-7-18(8-14-24)25-20(17-31(30-25)23-5-3-2-4-6-23)15-19(16-28)26(32)29-22-11-9-21(27)10-12-22/h2-15,17H,1H3,(H,29,32)/b19-15+.